The first-order valence-corrected chi connectivity index (χ1v) is 5.89. The molecule has 0 amide bonds. The highest BCUT2D eigenvalue weighted by Gasteiger charge is 2.25. The van der Waals surface area contributed by atoms with Crippen molar-refractivity contribution in [3.8, 4) is 5.75 Å². The van der Waals surface area contributed by atoms with Crippen molar-refractivity contribution in [1.29, 1.82) is 0 Å². The van der Waals surface area contributed by atoms with Crippen LogP contribution in [0.4, 0.5) is 5.69 Å². The number of aliphatic hydroxyl groups excluding tert-OH is 1. The molecular formula is C12H16ClNO2. The number of hydrogen-bond donors (Lipinski definition) is 2. The molecule has 2 unspecified atom stereocenters. The van der Waals surface area contributed by atoms with Crippen molar-refractivity contribution in [2.75, 3.05) is 12.3 Å². The highest BCUT2D eigenvalue weighted by molar-refractivity contribution is 6.30. The lowest BCUT2D eigenvalue weighted by Crippen LogP contribution is -2.14. The van der Waals surface area contributed by atoms with Crippen LogP contribution in [-0.4, -0.2) is 17.8 Å². The molecule has 88 valence electrons. The van der Waals surface area contributed by atoms with Crippen molar-refractivity contribution in [3.63, 3.8) is 0 Å². The molecule has 3 N–H and O–H groups in total. The van der Waals surface area contributed by atoms with E-state index in [1.54, 1.807) is 18.2 Å². The van der Waals surface area contributed by atoms with E-state index in [1.807, 2.05) is 0 Å². The lowest BCUT2D eigenvalue weighted by atomic mass is 10.1. The van der Waals surface area contributed by atoms with Gasteiger partial charge in [-0.2, -0.15) is 0 Å². The van der Waals surface area contributed by atoms with Crippen LogP contribution >= 0.6 is 11.6 Å². The summed E-state index contributed by atoms with van der Waals surface area (Å²) in [6, 6.07) is 5.25. The first kappa shape index (κ1) is 11.6. The Hall–Kier alpha value is -0.930. The van der Waals surface area contributed by atoms with Crippen molar-refractivity contribution >= 4 is 17.3 Å². The monoisotopic (exact) mass is 241 g/mol. The minimum atomic E-state index is 0.167. The maximum atomic E-state index is 9.04. The predicted octanol–water partition coefficient (Wildman–Crippen LogP) is 2.46. The van der Waals surface area contributed by atoms with Gasteiger partial charge in [-0.25, -0.2) is 0 Å². The third-order valence-electron chi connectivity index (χ3n) is 3.02. The van der Waals surface area contributed by atoms with Gasteiger partial charge in [0.1, 0.15) is 5.75 Å². The van der Waals surface area contributed by atoms with E-state index in [2.05, 4.69) is 0 Å². The van der Waals surface area contributed by atoms with Crippen LogP contribution in [0, 0.1) is 5.92 Å². The largest absolute Gasteiger partial charge is 0.488 e. The molecule has 0 aliphatic heterocycles. The average Bonchev–Trinajstić information content (AvgIpc) is 2.70. The highest BCUT2D eigenvalue weighted by atomic mass is 35.5. The van der Waals surface area contributed by atoms with Gasteiger partial charge >= 0.3 is 0 Å². The summed E-state index contributed by atoms with van der Waals surface area (Å²) >= 11 is 5.81. The zero-order valence-electron chi connectivity index (χ0n) is 9.03. The molecule has 0 radical (unpaired) electrons. The summed E-state index contributed by atoms with van der Waals surface area (Å²) in [7, 11) is 0. The van der Waals surface area contributed by atoms with E-state index in [0.29, 0.717) is 22.4 Å². The number of nitrogen functional groups attached to an aromatic ring is 1. The van der Waals surface area contributed by atoms with Crippen LogP contribution in [0.25, 0.3) is 0 Å². The van der Waals surface area contributed by atoms with E-state index < -0.39 is 0 Å². The maximum Gasteiger partial charge on any atom is 0.142 e. The van der Waals surface area contributed by atoms with E-state index in [4.69, 9.17) is 27.2 Å². The molecule has 0 aromatic heterocycles. The first-order chi connectivity index (χ1) is 7.69. The van der Waals surface area contributed by atoms with Crippen LogP contribution in [0.3, 0.4) is 0 Å². The number of benzene rings is 1. The molecule has 1 aliphatic rings. The Labute approximate surface area is 100 Å². The van der Waals surface area contributed by atoms with E-state index in [-0.39, 0.29) is 12.7 Å². The van der Waals surface area contributed by atoms with E-state index >= 15 is 0 Å². The number of anilines is 1. The Bertz CT molecular complexity index is 370. The molecular weight excluding hydrogens is 226 g/mol. The summed E-state index contributed by atoms with van der Waals surface area (Å²) in [4.78, 5) is 0. The van der Waals surface area contributed by atoms with Crippen LogP contribution in [0.2, 0.25) is 5.02 Å². The van der Waals surface area contributed by atoms with Crippen LogP contribution < -0.4 is 10.5 Å². The third-order valence-corrected chi connectivity index (χ3v) is 3.25. The van der Waals surface area contributed by atoms with Crippen molar-refractivity contribution in [1.82, 2.24) is 0 Å². The Morgan fingerprint density at radius 3 is 2.88 bits per heavy atom. The lowest BCUT2D eigenvalue weighted by Gasteiger charge is -2.15. The normalized spacial score (nSPS) is 24.6. The topological polar surface area (TPSA) is 55.5 Å². The highest BCUT2D eigenvalue weighted by Crippen LogP contribution is 2.32. The van der Waals surface area contributed by atoms with Gasteiger partial charge in [-0.15, -0.1) is 0 Å². The number of halogens is 1. The number of aliphatic hydroxyl groups is 1. The van der Waals surface area contributed by atoms with E-state index in [9.17, 15) is 0 Å². The Balaban J connectivity index is 1.99. The summed E-state index contributed by atoms with van der Waals surface area (Å²) in [6.07, 6.45) is 3.07. The Kier molecular flexibility index (Phi) is 3.56. The number of hydrogen-bond acceptors (Lipinski definition) is 3. The fraction of sp³-hybridized carbons (Fsp3) is 0.500. The SMILES string of the molecule is Nc1cc(Cl)ccc1OC1CCC(CO)C1. The average molecular weight is 242 g/mol. The third kappa shape index (κ3) is 2.60. The molecule has 1 aliphatic carbocycles. The fourth-order valence-corrected chi connectivity index (χ4v) is 2.29. The number of ether oxygens (including phenoxy) is 1. The zero-order chi connectivity index (χ0) is 11.5. The van der Waals surface area contributed by atoms with Crippen LogP contribution in [0.5, 0.6) is 5.75 Å². The van der Waals surface area contributed by atoms with Crippen molar-refractivity contribution in [2.45, 2.75) is 25.4 Å². The molecule has 0 bridgehead atoms. The second-order valence-corrected chi connectivity index (χ2v) is 4.72. The second-order valence-electron chi connectivity index (χ2n) is 4.28. The van der Waals surface area contributed by atoms with Crippen molar-refractivity contribution in [2.24, 2.45) is 5.92 Å². The summed E-state index contributed by atoms with van der Waals surface area (Å²) in [5.74, 6) is 1.06. The number of rotatable bonds is 3. The van der Waals surface area contributed by atoms with Crippen molar-refractivity contribution in [3.05, 3.63) is 23.2 Å². The summed E-state index contributed by atoms with van der Waals surface area (Å²) in [5, 5.41) is 9.66. The molecule has 1 fully saturated rings. The summed E-state index contributed by atoms with van der Waals surface area (Å²) in [6.45, 7) is 0.246. The fourth-order valence-electron chi connectivity index (χ4n) is 2.11. The van der Waals surface area contributed by atoms with E-state index in [0.717, 1.165) is 19.3 Å². The van der Waals surface area contributed by atoms with Gasteiger partial charge in [-0.1, -0.05) is 11.6 Å². The molecule has 0 saturated heterocycles. The number of nitrogens with two attached hydrogens (primary N) is 1. The Morgan fingerprint density at radius 1 is 1.44 bits per heavy atom. The van der Waals surface area contributed by atoms with Gasteiger partial charge in [0, 0.05) is 11.6 Å². The maximum absolute atomic E-state index is 9.04. The zero-order valence-corrected chi connectivity index (χ0v) is 9.78. The van der Waals surface area contributed by atoms with Gasteiger partial charge in [0.15, 0.2) is 0 Å². The van der Waals surface area contributed by atoms with Crippen LogP contribution in [0.15, 0.2) is 18.2 Å². The minimum Gasteiger partial charge on any atom is -0.488 e. The predicted molar refractivity (Wildman–Crippen MR) is 64.7 cm³/mol. The van der Waals surface area contributed by atoms with Gasteiger partial charge in [0.05, 0.1) is 11.8 Å². The standard InChI is InChI=1S/C12H16ClNO2/c13-9-2-4-12(11(14)6-9)16-10-3-1-8(5-10)7-15/h2,4,6,8,10,15H,1,3,5,7,14H2. The Morgan fingerprint density at radius 2 is 2.25 bits per heavy atom. The molecule has 2 rings (SSSR count). The molecule has 1 saturated carbocycles. The molecule has 4 heteroatoms. The molecule has 1 aromatic carbocycles. The molecule has 1 aromatic rings. The van der Waals surface area contributed by atoms with Gasteiger partial charge in [0.25, 0.3) is 0 Å². The van der Waals surface area contributed by atoms with Crippen LogP contribution in [0.1, 0.15) is 19.3 Å². The molecule has 0 spiro atoms. The summed E-state index contributed by atoms with van der Waals surface area (Å²) in [5.41, 5.74) is 6.38. The molecule has 16 heavy (non-hydrogen) atoms. The molecule has 0 heterocycles. The van der Waals surface area contributed by atoms with Crippen molar-refractivity contribution < 1.29 is 9.84 Å². The quantitative estimate of drug-likeness (QED) is 0.800. The van der Waals surface area contributed by atoms with Crippen LogP contribution in [-0.2, 0) is 0 Å². The first-order valence-electron chi connectivity index (χ1n) is 5.51. The van der Waals surface area contributed by atoms with Gasteiger partial charge in [0.2, 0.25) is 0 Å². The van der Waals surface area contributed by atoms with E-state index in [1.165, 1.54) is 0 Å². The van der Waals surface area contributed by atoms with Gasteiger partial charge in [-0.3, -0.25) is 0 Å². The second kappa shape index (κ2) is 4.93. The molecule has 3 nitrogen and oxygen atoms in total. The van der Waals surface area contributed by atoms with Gasteiger partial charge < -0.3 is 15.6 Å². The molecule has 2 atom stereocenters. The smallest absolute Gasteiger partial charge is 0.142 e. The lowest BCUT2D eigenvalue weighted by molar-refractivity contribution is 0.184. The minimum absolute atomic E-state index is 0.167. The van der Waals surface area contributed by atoms with Gasteiger partial charge in [-0.05, 0) is 43.4 Å². The summed E-state index contributed by atoms with van der Waals surface area (Å²) < 4.78 is 5.80.